The van der Waals surface area contributed by atoms with Crippen molar-refractivity contribution < 1.29 is 33.4 Å². The van der Waals surface area contributed by atoms with E-state index in [-0.39, 0.29) is 54.0 Å². The van der Waals surface area contributed by atoms with Crippen molar-refractivity contribution >= 4 is 52.5 Å². The molecular weight excluding hydrogens is 865 g/mol. The SMILES string of the molecule is C=C1CCC(N2Cc3c(NCCOCCOCCOCCNC(=O)C[C@@]4(C)C[C@H](c5cccc(Cl)c5)[C@@H](c5ccc(Cl)cc5)N([C@H](CCC(C)C)C(C)C)C4=O)cccc3C2=O)C(=O)N1. The number of hydrogen-bond donors (Lipinski definition) is 3. The molecule has 2 fully saturated rings. The number of hydrogen-bond acceptors (Lipinski definition) is 8. The number of allylic oxidation sites excluding steroid dienone is 1. The van der Waals surface area contributed by atoms with Crippen LogP contribution in [0.1, 0.15) is 112 Å². The number of nitrogens with one attached hydrogen (secondary N) is 3. The smallest absolute Gasteiger partial charge is 0.255 e. The van der Waals surface area contributed by atoms with E-state index in [2.05, 4.69) is 61.2 Å². The molecule has 0 radical (unpaired) electrons. The molecule has 5 atom stereocenters. The standard InChI is InChI=1S/C51H67Cl2N5O7/c1-33(2)13-19-44(34(3)4)58-47(36-15-17-38(52)18-16-36)41(37-9-7-10-39(53)29-37)30-51(6,50(58)62)31-46(59)55-22-24-64-26-28-65-27-25-63-23-21-54-43-12-8-11-40-42(43)32-57(49(40)61)45-20-14-35(5)56-48(45)60/h7-12,15-18,29,33-34,41,44-45,47,54H,5,13-14,19-28,30-32H2,1-4,6H3,(H,55,59)(H,56,60)/t41-,44-,45?,47-,51-/m1/s1. The minimum atomic E-state index is -0.965. The molecule has 0 aromatic heterocycles. The van der Waals surface area contributed by atoms with Gasteiger partial charge in [-0.3, -0.25) is 19.2 Å². The first-order chi connectivity index (χ1) is 31.2. The molecule has 4 amide bonds. The van der Waals surface area contributed by atoms with Gasteiger partial charge in [-0.05, 0) is 91.5 Å². The number of fused-ring (bicyclic) bond motifs is 1. The van der Waals surface area contributed by atoms with Crippen LogP contribution in [0.4, 0.5) is 5.69 Å². The lowest BCUT2D eigenvalue weighted by atomic mass is 9.66. The lowest BCUT2D eigenvalue weighted by Crippen LogP contribution is -2.57. The maximum Gasteiger partial charge on any atom is 0.255 e. The molecule has 352 valence electrons. The minimum Gasteiger partial charge on any atom is -0.382 e. The molecule has 3 aliphatic heterocycles. The number of carbonyl (C=O) groups excluding carboxylic acids is 4. The van der Waals surface area contributed by atoms with Gasteiger partial charge in [-0.1, -0.05) is 94.7 Å². The van der Waals surface area contributed by atoms with E-state index in [4.69, 9.17) is 37.4 Å². The van der Waals surface area contributed by atoms with Crippen LogP contribution in [-0.2, 0) is 35.1 Å². The van der Waals surface area contributed by atoms with Gasteiger partial charge in [0, 0.05) is 70.6 Å². The molecule has 14 heteroatoms. The highest BCUT2D eigenvalue weighted by atomic mass is 35.5. The molecule has 65 heavy (non-hydrogen) atoms. The second-order valence-corrected chi connectivity index (χ2v) is 19.5. The fourth-order valence-electron chi connectivity index (χ4n) is 9.52. The van der Waals surface area contributed by atoms with Gasteiger partial charge in [0.05, 0.1) is 51.1 Å². The van der Waals surface area contributed by atoms with Crippen molar-refractivity contribution in [2.24, 2.45) is 17.3 Å². The number of halogens is 2. The fraction of sp³-hybridized carbons (Fsp3) is 0.529. The van der Waals surface area contributed by atoms with Gasteiger partial charge in [0.25, 0.3) is 5.91 Å². The summed E-state index contributed by atoms with van der Waals surface area (Å²) in [4.78, 5) is 58.2. The van der Waals surface area contributed by atoms with E-state index in [0.29, 0.717) is 106 Å². The number of carbonyl (C=O) groups is 4. The first-order valence-electron chi connectivity index (χ1n) is 23.2. The van der Waals surface area contributed by atoms with Crippen LogP contribution >= 0.6 is 23.2 Å². The molecule has 12 nitrogen and oxygen atoms in total. The highest BCUT2D eigenvalue weighted by Gasteiger charge is 2.52. The molecule has 3 N–H and O–H groups in total. The molecule has 3 aliphatic rings. The maximum absolute atomic E-state index is 15.0. The molecule has 6 rings (SSSR count). The summed E-state index contributed by atoms with van der Waals surface area (Å²) in [5.74, 6) is 0.0195. The van der Waals surface area contributed by atoms with E-state index in [1.165, 1.54) is 0 Å². The van der Waals surface area contributed by atoms with Gasteiger partial charge < -0.3 is 40.0 Å². The molecule has 3 aromatic rings. The van der Waals surface area contributed by atoms with Crippen LogP contribution < -0.4 is 16.0 Å². The minimum absolute atomic E-state index is 0.00879. The average molecular weight is 933 g/mol. The summed E-state index contributed by atoms with van der Waals surface area (Å²) in [6, 6.07) is 20.5. The molecule has 0 bridgehead atoms. The fourth-order valence-corrected chi connectivity index (χ4v) is 9.84. The van der Waals surface area contributed by atoms with Gasteiger partial charge in [-0.2, -0.15) is 0 Å². The van der Waals surface area contributed by atoms with E-state index >= 15 is 4.79 Å². The first-order valence-corrected chi connectivity index (χ1v) is 23.9. The lowest BCUT2D eigenvalue weighted by Gasteiger charge is -2.53. The summed E-state index contributed by atoms with van der Waals surface area (Å²) in [5.41, 5.74) is 4.12. The van der Waals surface area contributed by atoms with Crippen molar-refractivity contribution in [2.75, 3.05) is 58.0 Å². The summed E-state index contributed by atoms with van der Waals surface area (Å²) < 4.78 is 17.2. The van der Waals surface area contributed by atoms with Crippen molar-refractivity contribution in [3.8, 4) is 0 Å². The average Bonchev–Trinajstić information content (AvgIpc) is 3.60. The zero-order chi connectivity index (χ0) is 46.7. The Morgan fingerprint density at radius 3 is 2.20 bits per heavy atom. The van der Waals surface area contributed by atoms with E-state index in [1.54, 1.807) is 11.0 Å². The van der Waals surface area contributed by atoms with Gasteiger partial charge in [-0.15, -0.1) is 0 Å². The molecule has 0 spiro atoms. The van der Waals surface area contributed by atoms with Crippen LogP contribution in [0.5, 0.6) is 0 Å². The van der Waals surface area contributed by atoms with Crippen molar-refractivity contribution in [3.05, 3.63) is 111 Å². The quantitative estimate of drug-likeness (QED) is 0.0802. The van der Waals surface area contributed by atoms with Crippen LogP contribution in [0, 0.1) is 17.3 Å². The third-order valence-electron chi connectivity index (χ3n) is 12.9. The maximum atomic E-state index is 15.0. The van der Waals surface area contributed by atoms with Gasteiger partial charge >= 0.3 is 0 Å². The monoisotopic (exact) mass is 931 g/mol. The summed E-state index contributed by atoms with van der Waals surface area (Å²) in [6.45, 7) is 18.1. The Bertz CT molecular complexity index is 2130. The molecule has 0 saturated carbocycles. The normalized spacial score (nSPS) is 21.5. The third kappa shape index (κ3) is 12.9. The number of amides is 4. The number of likely N-dealkylation sites (tertiary alicyclic amines) is 1. The number of piperidine rings is 2. The lowest BCUT2D eigenvalue weighted by molar-refractivity contribution is -0.159. The van der Waals surface area contributed by atoms with Crippen LogP contribution in [0.15, 0.2) is 79.0 Å². The van der Waals surface area contributed by atoms with Crippen LogP contribution in [0.3, 0.4) is 0 Å². The Labute approximate surface area is 395 Å². The van der Waals surface area contributed by atoms with E-state index < -0.39 is 11.5 Å². The Hall–Kier alpha value is -4.46. The molecule has 0 aliphatic carbocycles. The Morgan fingerprint density at radius 2 is 1.54 bits per heavy atom. The predicted octanol–water partition coefficient (Wildman–Crippen LogP) is 8.93. The summed E-state index contributed by atoms with van der Waals surface area (Å²) in [6.07, 6.45) is 3.56. The topological polar surface area (TPSA) is 139 Å². The van der Waals surface area contributed by atoms with Gasteiger partial charge in [0.15, 0.2) is 0 Å². The number of rotatable bonds is 23. The van der Waals surface area contributed by atoms with Gasteiger partial charge in [0.2, 0.25) is 17.7 Å². The molecule has 3 aromatic carbocycles. The first kappa shape index (κ1) is 50.0. The number of anilines is 1. The largest absolute Gasteiger partial charge is 0.382 e. The molecular formula is C51H67Cl2N5O7. The van der Waals surface area contributed by atoms with E-state index in [0.717, 1.165) is 35.2 Å². The van der Waals surface area contributed by atoms with Gasteiger partial charge in [-0.25, -0.2) is 0 Å². The Balaban J connectivity index is 0.931. The Kier molecular flexibility index (Phi) is 17.9. The Morgan fingerprint density at radius 1 is 0.862 bits per heavy atom. The van der Waals surface area contributed by atoms with E-state index in [1.807, 2.05) is 61.5 Å². The molecule has 2 saturated heterocycles. The van der Waals surface area contributed by atoms with Crippen molar-refractivity contribution in [1.29, 1.82) is 0 Å². The summed E-state index contributed by atoms with van der Waals surface area (Å²) in [7, 11) is 0. The van der Waals surface area contributed by atoms with Crippen LogP contribution in [0.2, 0.25) is 10.0 Å². The second kappa shape index (κ2) is 23.3. The van der Waals surface area contributed by atoms with Crippen molar-refractivity contribution in [3.63, 3.8) is 0 Å². The van der Waals surface area contributed by atoms with Crippen LogP contribution in [0.25, 0.3) is 0 Å². The zero-order valence-electron chi connectivity index (χ0n) is 38.6. The zero-order valence-corrected chi connectivity index (χ0v) is 40.1. The molecule has 1 unspecified atom stereocenters. The van der Waals surface area contributed by atoms with Gasteiger partial charge in [0.1, 0.15) is 6.04 Å². The predicted molar refractivity (Wildman–Crippen MR) is 256 cm³/mol. The summed E-state index contributed by atoms with van der Waals surface area (Å²) >= 11 is 13.0. The van der Waals surface area contributed by atoms with Crippen molar-refractivity contribution in [2.45, 2.75) is 104 Å². The highest BCUT2D eigenvalue weighted by Crippen LogP contribution is 2.53. The van der Waals surface area contributed by atoms with Crippen molar-refractivity contribution in [1.82, 2.24) is 20.4 Å². The highest BCUT2D eigenvalue weighted by molar-refractivity contribution is 6.30. The summed E-state index contributed by atoms with van der Waals surface area (Å²) in [5, 5.41) is 10.4. The second-order valence-electron chi connectivity index (χ2n) is 18.6. The number of ether oxygens (including phenoxy) is 3. The third-order valence-corrected chi connectivity index (χ3v) is 13.4. The molecule has 3 heterocycles. The van der Waals surface area contributed by atoms with E-state index in [9.17, 15) is 14.4 Å². The van der Waals surface area contributed by atoms with Crippen LogP contribution in [-0.4, -0.2) is 98.2 Å². The number of benzene rings is 3. The number of nitrogens with zero attached hydrogens (tertiary/aromatic N) is 2.